The van der Waals surface area contributed by atoms with Gasteiger partial charge in [-0.05, 0) is 18.6 Å². The zero-order valence-corrected chi connectivity index (χ0v) is 11.9. The average molecular weight is 298 g/mol. The first-order valence-corrected chi connectivity index (χ1v) is 7.42. The Morgan fingerprint density at radius 3 is 2.95 bits per heavy atom. The number of amides is 1. The highest BCUT2D eigenvalue weighted by Gasteiger charge is 2.25. The normalized spacial score (nSPS) is 18.9. The SMILES string of the molecule is CCC1CN(C(=O)c2ccc([N+](=O)[O-])c(F)c2)CCS1. The number of carbonyl (C=O) groups excluding carboxylic acids is 1. The van der Waals surface area contributed by atoms with Gasteiger partial charge < -0.3 is 4.90 Å². The molecule has 1 heterocycles. The molecule has 5 nitrogen and oxygen atoms in total. The van der Waals surface area contributed by atoms with E-state index in [1.54, 1.807) is 4.90 Å². The number of nitro groups is 1. The molecule has 108 valence electrons. The molecule has 1 aliphatic rings. The molecule has 1 fully saturated rings. The van der Waals surface area contributed by atoms with E-state index < -0.39 is 16.4 Å². The molecule has 0 saturated carbocycles. The van der Waals surface area contributed by atoms with Gasteiger partial charge in [-0.15, -0.1) is 0 Å². The number of thioether (sulfide) groups is 1. The predicted octanol–water partition coefficient (Wildman–Crippen LogP) is 2.70. The summed E-state index contributed by atoms with van der Waals surface area (Å²) in [6.45, 7) is 3.33. The molecular weight excluding hydrogens is 283 g/mol. The average Bonchev–Trinajstić information content (AvgIpc) is 2.46. The lowest BCUT2D eigenvalue weighted by Gasteiger charge is -2.32. The summed E-state index contributed by atoms with van der Waals surface area (Å²) < 4.78 is 13.6. The first-order valence-electron chi connectivity index (χ1n) is 6.37. The van der Waals surface area contributed by atoms with Crippen LogP contribution in [0.25, 0.3) is 0 Å². The molecule has 7 heteroatoms. The summed E-state index contributed by atoms with van der Waals surface area (Å²) in [6.07, 6.45) is 0.975. The quantitative estimate of drug-likeness (QED) is 0.636. The Hall–Kier alpha value is -1.63. The Morgan fingerprint density at radius 2 is 2.35 bits per heavy atom. The molecule has 0 bridgehead atoms. The molecule has 1 amide bonds. The standard InChI is InChI=1S/C13H15FN2O3S/c1-2-10-8-15(5-6-20-10)13(17)9-3-4-12(16(18)19)11(14)7-9/h3-4,7,10H,2,5-6,8H2,1H3. The number of nitro benzene ring substituents is 1. The molecule has 1 aromatic rings. The summed E-state index contributed by atoms with van der Waals surface area (Å²) in [4.78, 5) is 23.7. The van der Waals surface area contributed by atoms with E-state index in [1.807, 2.05) is 11.8 Å². The van der Waals surface area contributed by atoms with Gasteiger partial charge in [-0.3, -0.25) is 14.9 Å². The fourth-order valence-corrected chi connectivity index (χ4v) is 3.30. The van der Waals surface area contributed by atoms with Crippen molar-refractivity contribution < 1.29 is 14.1 Å². The number of nitrogens with zero attached hydrogens (tertiary/aromatic N) is 2. The van der Waals surface area contributed by atoms with Gasteiger partial charge in [0.2, 0.25) is 5.82 Å². The number of rotatable bonds is 3. The molecule has 0 spiro atoms. The van der Waals surface area contributed by atoms with E-state index in [9.17, 15) is 19.3 Å². The molecule has 0 aromatic heterocycles. The van der Waals surface area contributed by atoms with E-state index in [-0.39, 0.29) is 11.5 Å². The van der Waals surface area contributed by atoms with E-state index in [0.29, 0.717) is 18.3 Å². The van der Waals surface area contributed by atoms with Gasteiger partial charge >= 0.3 is 5.69 Å². The van der Waals surface area contributed by atoms with Crippen LogP contribution in [0.1, 0.15) is 23.7 Å². The van der Waals surface area contributed by atoms with Gasteiger partial charge in [0.25, 0.3) is 5.91 Å². The van der Waals surface area contributed by atoms with Gasteiger partial charge in [0.1, 0.15) is 0 Å². The minimum absolute atomic E-state index is 0.162. The Balaban J connectivity index is 2.17. The molecule has 20 heavy (non-hydrogen) atoms. The van der Waals surface area contributed by atoms with Crippen molar-refractivity contribution in [1.82, 2.24) is 4.90 Å². The predicted molar refractivity (Wildman–Crippen MR) is 75.5 cm³/mol. The van der Waals surface area contributed by atoms with Crippen molar-refractivity contribution in [2.45, 2.75) is 18.6 Å². The lowest BCUT2D eigenvalue weighted by Crippen LogP contribution is -2.41. The minimum atomic E-state index is -0.973. The van der Waals surface area contributed by atoms with Crippen molar-refractivity contribution in [1.29, 1.82) is 0 Å². The molecule has 1 saturated heterocycles. The first kappa shape index (κ1) is 14.8. The van der Waals surface area contributed by atoms with E-state index in [1.165, 1.54) is 6.07 Å². The minimum Gasteiger partial charge on any atom is -0.337 e. The summed E-state index contributed by atoms with van der Waals surface area (Å²) in [7, 11) is 0. The van der Waals surface area contributed by atoms with E-state index in [0.717, 1.165) is 24.3 Å². The lowest BCUT2D eigenvalue weighted by molar-refractivity contribution is -0.387. The van der Waals surface area contributed by atoms with Crippen LogP contribution < -0.4 is 0 Å². The second kappa shape index (κ2) is 6.21. The van der Waals surface area contributed by atoms with Crippen LogP contribution in [0.4, 0.5) is 10.1 Å². The van der Waals surface area contributed by atoms with Crippen LogP contribution in [-0.2, 0) is 0 Å². The number of hydrogen-bond donors (Lipinski definition) is 0. The van der Waals surface area contributed by atoms with Crippen LogP contribution >= 0.6 is 11.8 Å². The largest absolute Gasteiger partial charge is 0.337 e. The number of halogens is 1. The van der Waals surface area contributed by atoms with Crippen molar-refractivity contribution in [2.75, 3.05) is 18.8 Å². The van der Waals surface area contributed by atoms with Crippen LogP contribution in [0.15, 0.2) is 18.2 Å². The summed E-state index contributed by atoms with van der Waals surface area (Å²) >= 11 is 1.83. The zero-order chi connectivity index (χ0) is 14.7. The topological polar surface area (TPSA) is 63.5 Å². The fraction of sp³-hybridized carbons (Fsp3) is 0.462. The lowest BCUT2D eigenvalue weighted by atomic mass is 10.1. The smallest absolute Gasteiger partial charge is 0.304 e. The molecule has 1 aromatic carbocycles. The molecule has 0 radical (unpaired) electrons. The Labute approximate surface area is 120 Å². The van der Waals surface area contributed by atoms with Crippen molar-refractivity contribution in [3.8, 4) is 0 Å². The molecule has 0 N–H and O–H groups in total. The Kier molecular flexibility index (Phi) is 4.59. The fourth-order valence-electron chi connectivity index (χ4n) is 2.12. The van der Waals surface area contributed by atoms with E-state index in [4.69, 9.17) is 0 Å². The highest BCUT2D eigenvalue weighted by Crippen LogP contribution is 2.24. The number of hydrogen-bond acceptors (Lipinski definition) is 4. The summed E-state index contributed by atoms with van der Waals surface area (Å²) in [5.74, 6) is -0.378. The zero-order valence-electron chi connectivity index (χ0n) is 11.0. The third-order valence-corrected chi connectivity index (χ3v) is 4.64. The van der Waals surface area contributed by atoms with Crippen LogP contribution in [0.5, 0.6) is 0 Å². The molecule has 0 aliphatic carbocycles. The van der Waals surface area contributed by atoms with Gasteiger partial charge in [0.15, 0.2) is 0 Å². The van der Waals surface area contributed by atoms with Crippen LogP contribution in [0.3, 0.4) is 0 Å². The van der Waals surface area contributed by atoms with Crippen molar-refractivity contribution in [3.63, 3.8) is 0 Å². The van der Waals surface area contributed by atoms with E-state index >= 15 is 0 Å². The highest BCUT2D eigenvalue weighted by atomic mass is 32.2. The van der Waals surface area contributed by atoms with Gasteiger partial charge in [-0.25, -0.2) is 0 Å². The third kappa shape index (κ3) is 3.09. The maximum absolute atomic E-state index is 13.6. The van der Waals surface area contributed by atoms with Gasteiger partial charge in [-0.2, -0.15) is 16.2 Å². The Bertz CT molecular complexity index is 538. The Morgan fingerprint density at radius 1 is 1.60 bits per heavy atom. The molecule has 1 aliphatic heterocycles. The van der Waals surface area contributed by atoms with Crippen LogP contribution in [-0.4, -0.2) is 39.8 Å². The molecule has 1 atom stereocenters. The summed E-state index contributed by atoms with van der Waals surface area (Å²) in [5.41, 5.74) is -0.447. The van der Waals surface area contributed by atoms with Crippen LogP contribution in [0, 0.1) is 15.9 Å². The summed E-state index contributed by atoms with van der Waals surface area (Å²) in [6, 6.07) is 3.30. The summed E-state index contributed by atoms with van der Waals surface area (Å²) in [5, 5.41) is 11.0. The number of benzene rings is 1. The van der Waals surface area contributed by atoms with Crippen LogP contribution in [0.2, 0.25) is 0 Å². The monoisotopic (exact) mass is 298 g/mol. The maximum Gasteiger partial charge on any atom is 0.304 e. The van der Waals surface area contributed by atoms with Crippen molar-refractivity contribution in [2.24, 2.45) is 0 Å². The first-order chi connectivity index (χ1) is 9.52. The molecule has 2 rings (SSSR count). The van der Waals surface area contributed by atoms with Gasteiger partial charge in [-0.1, -0.05) is 6.92 Å². The van der Waals surface area contributed by atoms with E-state index in [2.05, 4.69) is 6.92 Å². The highest BCUT2D eigenvalue weighted by molar-refractivity contribution is 8.00. The molecular formula is C13H15FN2O3S. The molecule has 1 unspecified atom stereocenters. The second-order valence-corrected chi connectivity index (χ2v) is 5.98. The van der Waals surface area contributed by atoms with Crippen molar-refractivity contribution in [3.05, 3.63) is 39.7 Å². The number of carbonyl (C=O) groups is 1. The van der Waals surface area contributed by atoms with Gasteiger partial charge in [0.05, 0.1) is 4.92 Å². The maximum atomic E-state index is 13.6. The van der Waals surface area contributed by atoms with Gasteiger partial charge in [0, 0.05) is 35.7 Å². The van der Waals surface area contributed by atoms with Crippen molar-refractivity contribution >= 4 is 23.4 Å². The second-order valence-electron chi connectivity index (χ2n) is 4.58. The third-order valence-electron chi connectivity index (χ3n) is 3.27.